The van der Waals surface area contributed by atoms with Crippen molar-refractivity contribution in [1.29, 1.82) is 0 Å². The summed E-state index contributed by atoms with van der Waals surface area (Å²) in [7, 11) is 1.52. The van der Waals surface area contributed by atoms with Crippen LogP contribution in [0.2, 0.25) is 0 Å². The van der Waals surface area contributed by atoms with Crippen LogP contribution in [0, 0.1) is 6.92 Å². The SMILES string of the molecule is COc1ncc(-c2cc(C)nc(S)n2)cn1. The topological polar surface area (TPSA) is 60.8 Å². The number of hydrogen-bond donors (Lipinski definition) is 1. The summed E-state index contributed by atoms with van der Waals surface area (Å²) in [6.07, 6.45) is 3.31. The molecule has 82 valence electrons. The molecule has 2 aromatic heterocycles. The van der Waals surface area contributed by atoms with E-state index in [9.17, 15) is 0 Å². The molecule has 2 aromatic rings. The average molecular weight is 234 g/mol. The predicted molar refractivity (Wildman–Crippen MR) is 61.6 cm³/mol. The quantitative estimate of drug-likeness (QED) is 0.631. The highest BCUT2D eigenvalue weighted by Gasteiger charge is 2.04. The Morgan fingerprint density at radius 3 is 2.44 bits per heavy atom. The van der Waals surface area contributed by atoms with Crippen molar-refractivity contribution in [3.05, 3.63) is 24.2 Å². The Kier molecular flexibility index (Phi) is 3.00. The molecule has 16 heavy (non-hydrogen) atoms. The number of aromatic nitrogens is 4. The molecule has 0 aliphatic heterocycles. The van der Waals surface area contributed by atoms with Crippen molar-refractivity contribution in [2.24, 2.45) is 0 Å². The molecule has 0 N–H and O–H groups in total. The van der Waals surface area contributed by atoms with Gasteiger partial charge in [0.2, 0.25) is 0 Å². The first-order valence-electron chi connectivity index (χ1n) is 4.60. The van der Waals surface area contributed by atoms with Gasteiger partial charge in [0.1, 0.15) is 0 Å². The largest absolute Gasteiger partial charge is 0.467 e. The van der Waals surface area contributed by atoms with Crippen LogP contribution in [0.4, 0.5) is 0 Å². The summed E-state index contributed by atoms with van der Waals surface area (Å²) in [6.45, 7) is 1.88. The molecule has 2 rings (SSSR count). The molecule has 0 aliphatic carbocycles. The summed E-state index contributed by atoms with van der Waals surface area (Å²) in [5.41, 5.74) is 2.41. The summed E-state index contributed by atoms with van der Waals surface area (Å²) in [5.74, 6) is 0. The lowest BCUT2D eigenvalue weighted by atomic mass is 10.2. The van der Waals surface area contributed by atoms with Gasteiger partial charge in [0.05, 0.1) is 12.8 Å². The van der Waals surface area contributed by atoms with Crippen LogP contribution < -0.4 is 4.74 Å². The molecule has 0 atom stereocenters. The van der Waals surface area contributed by atoms with Crippen LogP contribution in [0.1, 0.15) is 5.69 Å². The molecule has 0 bridgehead atoms. The van der Waals surface area contributed by atoms with Crippen LogP contribution in [0.5, 0.6) is 6.01 Å². The summed E-state index contributed by atoms with van der Waals surface area (Å²) >= 11 is 4.13. The molecule has 0 unspecified atom stereocenters. The summed E-state index contributed by atoms with van der Waals surface area (Å²) < 4.78 is 4.88. The predicted octanol–water partition coefficient (Wildman–Crippen LogP) is 1.54. The second-order valence-electron chi connectivity index (χ2n) is 3.15. The van der Waals surface area contributed by atoms with Gasteiger partial charge in [-0.3, -0.25) is 0 Å². The van der Waals surface area contributed by atoms with Crippen molar-refractivity contribution in [3.8, 4) is 17.3 Å². The molecule has 0 aromatic carbocycles. The van der Waals surface area contributed by atoms with Crippen LogP contribution in [0.15, 0.2) is 23.6 Å². The van der Waals surface area contributed by atoms with E-state index < -0.39 is 0 Å². The van der Waals surface area contributed by atoms with Crippen molar-refractivity contribution >= 4 is 12.6 Å². The lowest BCUT2D eigenvalue weighted by Gasteiger charge is -2.03. The molecule has 2 heterocycles. The second-order valence-corrected chi connectivity index (χ2v) is 3.55. The molecular weight excluding hydrogens is 224 g/mol. The highest BCUT2D eigenvalue weighted by molar-refractivity contribution is 7.80. The van der Waals surface area contributed by atoms with Crippen molar-refractivity contribution in [3.63, 3.8) is 0 Å². The van der Waals surface area contributed by atoms with Crippen molar-refractivity contribution < 1.29 is 4.74 Å². The number of nitrogens with zero attached hydrogens (tertiary/aromatic N) is 4. The monoisotopic (exact) mass is 234 g/mol. The smallest absolute Gasteiger partial charge is 0.316 e. The first kappa shape index (κ1) is 10.8. The summed E-state index contributed by atoms with van der Waals surface area (Å²) in [5, 5.41) is 0.436. The van der Waals surface area contributed by atoms with Crippen LogP contribution in [-0.4, -0.2) is 27.0 Å². The number of hydrogen-bond acceptors (Lipinski definition) is 6. The number of rotatable bonds is 2. The third-order valence-electron chi connectivity index (χ3n) is 1.95. The Bertz CT molecular complexity index is 480. The van der Waals surface area contributed by atoms with Gasteiger partial charge in [-0.05, 0) is 13.0 Å². The van der Waals surface area contributed by atoms with Gasteiger partial charge in [-0.25, -0.2) is 19.9 Å². The lowest BCUT2D eigenvalue weighted by molar-refractivity contribution is 0.380. The second kappa shape index (κ2) is 4.44. The fourth-order valence-electron chi connectivity index (χ4n) is 1.25. The summed E-state index contributed by atoms with van der Waals surface area (Å²) in [6, 6.07) is 2.19. The van der Waals surface area contributed by atoms with Gasteiger partial charge in [-0.15, -0.1) is 12.6 Å². The van der Waals surface area contributed by atoms with Crippen molar-refractivity contribution in [2.45, 2.75) is 12.1 Å². The van der Waals surface area contributed by atoms with Crippen molar-refractivity contribution in [1.82, 2.24) is 19.9 Å². The fourth-order valence-corrected chi connectivity index (χ4v) is 1.52. The van der Waals surface area contributed by atoms with Crippen LogP contribution >= 0.6 is 12.6 Å². The third kappa shape index (κ3) is 2.27. The van der Waals surface area contributed by atoms with E-state index in [0.717, 1.165) is 17.0 Å². The van der Waals surface area contributed by atoms with Gasteiger partial charge in [0, 0.05) is 23.7 Å². The zero-order valence-electron chi connectivity index (χ0n) is 8.88. The van der Waals surface area contributed by atoms with E-state index in [1.165, 1.54) is 7.11 Å². The number of methoxy groups -OCH3 is 1. The first-order valence-corrected chi connectivity index (χ1v) is 5.05. The number of ether oxygens (including phenoxy) is 1. The zero-order valence-corrected chi connectivity index (χ0v) is 9.77. The maximum Gasteiger partial charge on any atom is 0.316 e. The third-order valence-corrected chi connectivity index (χ3v) is 2.15. The zero-order chi connectivity index (χ0) is 11.5. The highest BCUT2D eigenvalue weighted by Crippen LogP contribution is 2.17. The Balaban J connectivity index is 2.42. The minimum Gasteiger partial charge on any atom is -0.467 e. The molecule has 0 spiro atoms. The van der Waals surface area contributed by atoms with Gasteiger partial charge in [-0.1, -0.05) is 0 Å². The minimum absolute atomic E-state index is 0.334. The Labute approximate surface area is 98.4 Å². The summed E-state index contributed by atoms with van der Waals surface area (Å²) in [4.78, 5) is 16.3. The van der Waals surface area contributed by atoms with Crippen molar-refractivity contribution in [2.75, 3.05) is 7.11 Å². The molecule has 0 aliphatic rings. The molecule has 0 saturated heterocycles. The molecule has 0 amide bonds. The number of thiol groups is 1. The number of aryl methyl sites for hydroxylation is 1. The maximum atomic E-state index is 4.88. The molecular formula is C10H10N4OS. The van der Waals surface area contributed by atoms with E-state index in [1.54, 1.807) is 12.4 Å². The first-order chi connectivity index (χ1) is 7.69. The molecule has 5 nitrogen and oxygen atoms in total. The Hall–Kier alpha value is -1.69. The lowest BCUT2D eigenvalue weighted by Crippen LogP contribution is -1.95. The van der Waals surface area contributed by atoms with E-state index in [1.807, 2.05) is 13.0 Å². The molecule has 0 saturated carbocycles. The Morgan fingerprint density at radius 1 is 1.19 bits per heavy atom. The van der Waals surface area contributed by atoms with E-state index in [4.69, 9.17) is 4.74 Å². The van der Waals surface area contributed by atoms with Gasteiger partial charge in [-0.2, -0.15) is 0 Å². The van der Waals surface area contributed by atoms with Gasteiger partial charge in [0.25, 0.3) is 0 Å². The average Bonchev–Trinajstić information content (AvgIpc) is 2.28. The Morgan fingerprint density at radius 2 is 1.88 bits per heavy atom. The maximum absolute atomic E-state index is 4.88. The standard InChI is InChI=1S/C10H10N4OS/c1-6-3-8(14-10(16)13-6)7-4-11-9(15-2)12-5-7/h3-5H,1-2H3,(H,13,14,16). The van der Waals surface area contributed by atoms with Gasteiger partial charge >= 0.3 is 6.01 Å². The van der Waals surface area contributed by atoms with E-state index in [2.05, 4.69) is 32.6 Å². The van der Waals surface area contributed by atoms with Gasteiger partial charge < -0.3 is 4.74 Å². The fraction of sp³-hybridized carbons (Fsp3) is 0.200. The minimum atomic E-state index is 0.334. The highest BCUT2D eigenvalue weighted by atomic mass is 32.1. The molecule has 0 radical (unpaired) electrons. The van der Waals surface area contributed by atoms with Crippen LogP contribution in [-0.2, 0) is 0 Å². The van der Waals surface area contributed by atoms with E-state index >= 15 is 0 Å². The molecule has 6 heteroatoms. The van der Waals surface area contributed by atoms with E-state index in [0.29, 0.717) is 11.2 Å². The van der Waals surface area contributed by atoms with Crippen LogP contribution in [0.3, 0.4) is 0 Å². The van der Waals surface area contributed by atoms with E-state index in [-0.39, 0.29) is 0 Å². The van der Waals surface area contributed by atoms with Gasteiger partial charge in [0.15, 0.2) is 5.16 Å². The molecule has 0 fully saturated rings. The van der Waals surface area contributed by atoms with Crippen LogP contribution in [0.25, 0.3) is 11.3 Å². The normalized spacial score (nSPS) is 10.2.